The molecule has 4 nitrogen and oxygen atoms in total. The molecule has 25 heavy (non-hydrogen) atoms. The van der Waals surface area contributed by atoms with Crippen molar-refractivity contribution in [1.82, 2.24) is 0 Å². The van der Waals surface area contributed by atoms with Crippen LogP contribution in [0.5, 0.6) is 0 Å². The Labute approximate surface area is 151 Å². The van der Waals surface area contributed by atoms with Gasteiger partial charge in [0.25, 0.3) is 0 Å². The quantitative estimate of drug-likeness (QED) is 0.316. The van der Waals surface area contributed by atoms with Gasteiger partial charge in [-0.05, 0) is 18.4 Å². The van der Waals surface area contributed by atoms with Crippen LogP contribution in [-0.4, -0.2) is 30.4 Å². The Bertz CT molecular complexity index is 492. The van der Waals surface area contributed by atoms with Crippen molar-refractivity contribution < 1.29 is 19.4 Å². The summed E-state index contributed by atoms with van der Waals surface area (Å²) >= 11 is 0. The summed E-state index contributed by atoms with van der Waals surface area (Å²) in [6, 6.07) is 9.74. The van der Waals surface area contributed by atoms with E-state index in [1.807, 2.05) is 30.3 Å². The molecule has 0 saturated heterocycles. The highest BCUT2D eigenvalue weighted by Crippen LogP contribution is 2.09. The van der Waals surface area contributed by atoms with Crippen molar-refractivity contribution in [2.75, 3.05) is 13.2 Å². The van der Waals surface area contributed by atoms with Crippen molar-refractivity contribution in [3.8, 4) is 12.3 Å². The van der Waals surface area contributed by atoms with Crippen molar-refractivity contribution >= 4 is 5.97 Å². The third-order valence-corrected chi connectivity index (χ3v) is 3.81. The first-order chi connectivity index (χ1) is 12.2. The monoisotopic (exact) mass is 346 g/mol. The number of unbranched alkanes of at least 4 members (excludes halogenated alkanes) is 6. The van der Waals surface area contributed by atoms with Gasteiger partial charge in [-0.3, -0.25) is 4.79 Å². The summed E-state index contributed by atoms with van der Waals surface area (Å²) in [7, 11) is 0. The summed E-state index contributed by atoms with van der Waals surface area (Å²) in [5.41, 5.74) is 1.05. The van der Waals surface area contributed by atoms with Crippen LogP contribution in [0, 0.1) is 12.3 Å². The first kappa shape index (κ1) is 21.2. The van der Waals surface area contributed by atoms with Crippen LogP contribution >= 0.6 is 0 Å². The smallest absolute Gasteiger partial charge is 0.305 e. The molecule has 4 heteroatoms. The molecule has 0 aliphatic rings. The van der Waals surface area contributed by atoms with Gasteiger partial charge in [0.1, 0.15) is 12.7 Å². The lowest BCUT2D eigenvalue weighted by Crippen LogP contribution is -2.23. The molecule has 0 spiro atoms. The van der Waals surface area contributed by atoms with E-state index in [4.69, 9.17) is 15.9 Å². The lowest BCUT2D eigenvalue weighted by molar-refractivity contribution is -0.148. The van der Waals surface area contributed by atoms with E-state index >= 15 is 0 Å². The van der Waals surface area contributed by atoms with Crippen molar-refractivity contribution in [1.29, 1.82) is 0 Å². The molecule has 1 aromatic rings. The molecule has 1 atom stereocenters. The Hall–Kier alpha value is -1.83. The van der Waals surface area contributed by atoms with Gasteiger partial charge >= 0.3 is 5.97 Å². The molecule has 0 heterocycles. The maximum absolute atomic E-state index is 11.6. The third-order valence-electron chi connectivity index (χ3n) is 3.81. The van der Waals surface area contributed by atoms with Gasteiger partial charge in [-0.1, -0.05) is 56.0 Å². The molecule has 1 rings (SSSR count). The van der Waals surface area contributed by atoms with E-state index in [9.17, 15) is 9.90 Å². The maximum Gasteiger partial charge on any atom is 0.305 e. The highest BCUT2D eigenvalue weighted by molar-refractivity contribution is 5.69. The highest BCUT2D eigenvalue weighted by Gasteiger charge is 2.09. The van der Waals surface area contributed by atoms with Crippen molar-refractivity contribution in [3.63, 3.8) is 0 Å². The van der Waals surface area contributed by atoms with E-state index in [2.05, 4.69) is 5.92 Å². The van der Waals surface area contributed by atoms with Gasteiger partial charge in [0.2, 0.25) is 0 Å². The standard InChI is InChI=1S/C21H30O4/c1-2-3-4-5-6-7-8-12-15-21(23)25-18-20(22)17-24-16-19-13-10-9-11-14-19/h1,9-11,13-14,20,22H,3-8,12,15-18H2. The molecule has 0 bridgehead atoms. The van der Waals surface area contributed by atoms with E-state index in [0.717, 1.165) is 50.5 Å². The van der Waals surface area contributed by atoms with Crippen molar-refractivity contribution in [3.05, 3.63) is 35.9 Å². The number of rotatable bonds is 14. The summed E-state index contributed by atoms with van der Waals surface area (Å²) in [5.74, 6) is 2.38. The zero-order valence-electron chi connectivity index (χ0n) is 15.0. The SMILES string of the molecule is C#CCCCCCCCCC(=O)OCC(O)COCc1ccccc1. The molecule has 0 fully saturated rings. The highest BCUT2D eigenvalue weighted by atomic mass is 16.5. The normalized spacial score (nSPS) is 11.7. The number of terminal acetylenes is 1. The molecule has 0 aromatic heterocycles. The second kappa shape index (κ2) is 14.5. The molecule has 0 aliphatic heterocycles. The number of aliphatic hydroxyl groups is 1. The van der Waals surface area contributed by atoms with E-state index in [1.165, 1.54) is 0 Å². The molecule has 0 aliphatic carbocycles. The molecule has 0 amide bonds. The van der Waals surface area contributed by atoms with Crippen LogP contribution in [0.3, 0.4) is 0 Å². The molecule has 1 unspecified atom stereocenters. The number of ether oxygens (including phenoxy) is 2. The summed E-state index contributed by atoms with van der Waals surface area (Å²) < 4.78 is 10.5. The van der Waals surface area contributed by atoms with Crippen LogP contribution in [0.1, 0.15) is 56.9 Å². The van der Waals surface area contributed by atoms with Crippen LogP contribution in [0.25, 0.3) is 0 Å². The predicted octanol–water partition coefficient (Wildman–Crippen LogP) is 3.86. The summed E-state index contributed by atoms with van der Waals surface area (Å²) in [5, 5.41) is 9.77. The minimum Gasteiger partial charge on any atom is -0.463 e. The number of carbonyl (C=O) groups is 1. The third kappa shape index (κ3) is 12.2. The number of esters is 1. The molecule has 1 N–H and O–H groups in total. The van der Waals surface area contributed by atoms with Crippen LogP contribution in [0.2, 0.25) is 0 Å². The fourth-order valence-corrected chi connectivity index (χ4v) is 2.40. The lowest BCUT2D eigenvalue weighted by atomic mass is 10.1. The summed E-state index contributed by atoms with van der Waals surface area (Å²) in [6.45, 7) is 0.576. The molecular weight excluding hydrogens is 316 g/mol. The molecule has 138 valence electrons. The fourth-order valence-electron chi connectivity index (χ4n) is 2.40. The van der Waals surface area contributed by atoms with E-state index < -0.39 is 6.10 Å². The van der Waals surface area contributed by atoms with Crippen LogP contribution in [0.4, 0.5) is 0 Å². The van der Waals surface area contributed by atoms with E-state index in [-0.39, 0.29) is 19.2 Å². The van der Waals surface area contributed by atoms with Gasteiger partial charge in [0.05, 0.1) is 13.2 Å². The largest absolute Gasteiger partial charge is 0.463 e. The van der Waals surface area contributed by atoms with Crippen molar-refractivity contribution in [2.24, 2.45) is 0 Å². The summed E-state index contributed by atoms with van der Waals surface area (Å²) in [4.78, 5) is 11.6. The predicted molar refractivity (Wildman–Crippen MR) is 98.8 cm³/mol. The minimum atomic E-state index is -0.788. The summed E-state index contributed by atoms with van der Waals surface area (Å²) in [6.07, 6.45) is 12.0. The van der Waals surface area contributed by atoms with Crippen LogP contribution < -0.4 is 0 Å². The van der Waals surface area contributed by atoms with Gasteiger partial charge in [0.15, 0.2) is 0 Å². The Balaban J connectivity index is 1.94. The van der Waals surface area contributed by atoms with Crippen LogP contribution in [-0.2, 0) is 20.9 Å². The Morgan fingerprint density at radius 3 is 2.44 bits per heavy atom. The van der Waals surface area contributed by atoms with Gasteiger partial charge in [0, 0.05) is 12.8 Å². The zero-order valence-corrected chi connectivity index (χ0v) is 15.0. The average Bonchev–Trinajstić information content (AvgIpc) is 2.63. The number of hydrogen-bond donors (Lipinski definition) is 1. The maximum atomic E-state index is 11.6. The topological polar surface area (TPSA) is 55.8 Å². The Morgan fingerprint density at radius 2 is 1.72 bits per heavy atom. The van der Waals surface area contributed by atoms with Gasteiger partial charge in [-0.15, -0.1) is 12.3 Å². The molecule has 0 radical (unpaired) electrons. The molecular formula is C21H30O4. The second-order valence-electron chi connectivity index (χ2n) is 6.16. The number of carbonyl (C=O) groups excluding carboxylic acids is 1. The first-order valence-corrected chi connectivity index (χ1v) is 9.11. The van der Waals surface area contributed by atoms with Gasteiger partial charge in [-0.25, -0.2) is 0 Å². The number of hydrogen-bond acceptors (Lipinski definition) is 4. The minimum absolute atomic E-state index is 0.0142. The number of benzene rings is 1. The lowest BCUT2D eigenvalue weighted by Gasteiger charge is -2.12. The van der Waals surface area contributed by atoms with E-state index in [0.29, 0.717) is 13.0 Å². The Morgan fingerprint density at radius 1 is 1.04 bits per heavy atom. The number of aliphatic hydroxyl groups excluding tert-OH is 1. The van der Waals surface area contributed by atoms with Gasteiger partial charge in [-0.2, -0.15) is 0 Å². The van der Waals surface area contributed by atoms with Gasteiger partial charge < -0.3 is 14.6 Å². The Kier molecular flexibility index (Phi) is 12.3. The van der Waals surface area contributed by atoms with Crippen LogP contribution in [0.15, 0.2) is 30.3 Å². The second-order valence-corrected chi connectivity index (χ2v) is 6.16. The van der Waals surface area contributed by atoms with E-state index in [1.54, 1.807) is 0 Å². The molecule has 0 saturated carbocycles. The van der Waals surface area contributed by atoms with Crippen molar-refractivity contribution in [2.45, 2.75) is 64.1 Å². The zero-order chi connectivity index (χ0) is 18.2. The fraction of sp³-hybridized carbons (Fsp3) is 0.571. The average molecular weight is 346 g/mol. The molecule has 1 aromatic carbocycles. The first-order valence-electron chi connectivity index (χ1n) is 9.11.